The van der Waals surface area contributed by atoms with Gasteiger partial charge >= 0.3 is 5.97 Å². The quantitative estimate of drug-likeness (QED) is 0.447. The monoisotopic (exact) mass is 487 g/mol. The molecule has 1 aliphatic heterocycles. The average molecular weight is 488 g/mol. The summed E-state index contributed by atoms with van der Waals surface area (Å²) in [5.74, 6) is -1.78. The first-order valence-electron chi connectivity index (χ1n) is 12.1. The van der Waals surface area contributed by atoms with Crippen LogP contribution in [0.2, 0.25) is 0 Å². The van der Waals surface area contributed by atoms with E-state index in [4.69, 9.17) is 0 Å². The number of pyridine rings is 1. The summed E-state index contributed by atoms with van der Waals surface area (Å²) in [6.07, 6.45) is 8.70. The van der Waals surface area contributed by atoms with Gasteiger partial charge in [-0.2, -0.15) is 0 Å². The molecule has 1 N–H and O–H groups in total. The Morgan fingerprint density at radius 1 is 1.08 bits per heavy atom. The number of nitrogens with zero attached hydrogens (tertiary/aromatic N) is 5. The molecule has 1 aliphatic carbocycles. The van der Waals surface area contributed by atoms with E-state index in [1.165, 1.54) is 17.8 Å². The average Bonchev–Trinajstić information content (AvgIpc) is 3.58. The number of carboxylic acid groups (broad SMARTS) is 1. The van der Waals surface area contributed by atoms with Crippen molar-refractivity contribution in [1.29, 1.82) is 0 Å². The van der Waals surface area contributed by atoms with Gasteiger partial charge in [-0.05, 0) is 42.7 Å². The highest BCUT2D eigenvalue weighted by molar-refractivity contribution is 5.93. The van der Waals surface area contributed by atoms with Gasteiger partial charge in [0.05, 0.1) is 17.5 Å². The Balaban J connectivity index is 1.20. The predicted octanol–water partition coefficient (Wildman–Crippen LogP) is 3.68. The maximum Gasteiger partial charge on any atom is 0.341 e. The zero-order chi connectivity index (χ0) is 24.8. The Morgan fingerprint density at radius 2 is 1.83 bits per heavy atom. The smallest absolute Gasteiger partial charge is 0.341 e. The van der Waals surface area contributed by atoms with E-state index in [1.807, 2.05) is 20.2 Å². The number of hydrogen-bond acceptors (Lipinski definition) is 5. The SMILES string of the molecule is O=C(O)c1cn(C2CC2)c2cc(N3CCN(Cc4ccc(-n5ccnc5)cc4)CC3)c(F)cc2c1=O. The largest absolute Gasteiger partial charge is 0.477 e. The van der Waals surface area contributed by atoms with E-state index in [-0.39, 0.29) is 17.0 Å². The number of fused-ring (bicyclic) bond motifs is 1. The molecule has 1 saturated carbocycles. The number of hydrogen-bond donors (Lipinski definition) is 1. The molecule has 2 aromatic heterocycles. The lowest BCUT2D eigenvalue weighted by Crippen LogP contribution is -2.46. The molecule has 0 amide bonds. The van der Waals surface area contributed by atoms with Crippen LogP contribution >= 0.6 is 0 Å². The summed E-state index contributed by atoms with van der Waals surface area (Å²) in [5, 5.41) is 9.57. The lowest BCUT2D eigenvalue weighted by molar-refractivity contribution is 0.0695. The van der Waals surface area contributed by atoms with E-state index in [0.717, 1.165) is 38.2 Å². The maximum absolute atomic E-state index is 15.2. The summed E-state index contributed by atoms with van der Waals surface area (Å²) in [6.45, 7) is 3.71. The Hall–Kier alpha value is -3.98. The van der Waals surface area contributed by atoms with E-state index in [9.17, 15) is 14.7 Å². The molecule has 0 radical (unpaired) electrons. The first kappa shape index (κ1) is 22.5. The molecular formula is C27H26FN5O3. The number of piperazine rings is 1. The van der Waals surface area contributed by atoms with Gasteiger partial charge in [-0.15, -0.1) is 0 Å². The lowest BCUT2D eigenvalue weighted by Gasteiger charge is -2.36. The van der Waals surface area contributed by atoms with Gasteiger partial charge in [-0.1, -0.05) is 12.1 Å². The van der Waals surface area contributed by atoms with Crippen molar-refractivity contribution in [1.82, 2.24) is 19.0 Å². The molecule has 4 aromatic rings. The van der Waals surface area contributed by atoms with Crippen LogP contribution in [0, 0.1) is 5.82 Å². The molecule has 184 valence electrons. The van der Waals surface area contributed by atoms with Gasteiger partial charge in [0.2, 0.25) is 5.43 Å². The fourth-order valence-electron chi connectivity index (χ4n) is 5.00. The van der Waals surface area contributed by atoms with Crippen molar-refractivity contribution >= 4 is 22.6 Å². The molecular weight excluding hydrogens is 461 g/mol. The Bertz CT molecular complexity index is 1480. The molecule has 2 aromatic carbocycles. The predicted molar refractivity (Wildman–Crippen MR) is 134 cm³/mol. The summed E-state index contributed by atoms with van der Waals surface area (Å²) >= 11 is 0. The highest BCUT2D eigenvalue weighted by atomic mass is 19.1. The number of aromatic nitrogens is 3. The number of carbonyl (C=O) groups is 1. The molecule has 0 atom stereocenters. The summed E-state index contributed by atoms with van der Waals surface area (Å²) < 4.78 is 19.0. The van der Waals surface area contributed by atoms with Gasteiger partial charge in [-0.25, -0.2) is 14.2 Å². The number of rotatable bonds is 6. The highest BCUT2D eigenvalue weighted by Crippen LogP contribution is 2.38. The van der Waals surface area contributed by atoms with Crippen LogP contribution in [0.15, 0.2) is 66.1 Å². The van der Waals surface area contributed by atoms with Crippen molar-refractivity contribution in [3.05, 3.63) is 88.5 Å². The van der Waals surface area contributed by atoms with Gasteiger partial charge in [0, 0.05) is 68.4 Å². The number of halogens is 1. The molecule has 2 fully saturated rings. The summed E-state index contributed by atoms with van der Waals surface area (Å²) in [5.41, 5.74) is 2.39. The first-order valence-corrected chi connectivity index (χ1v) is 12.1. The molecule has 9 heteroatoms. The van der Waals surface area contributed by atoms with Crippen LogP contribution < -0.4 is 10.3 Å². The second-order valence-electron chi connectivity index (χ2n) is 9.54. The third-order valence-electron chi connectivity index (χ3n) is 7.13. The van der Waals surface area contributed by atoms with Gasteiger partial charge in [0.15, 0.2) is 0 Å². The number of carboxylic acids is 1. The van der Waals surface area contributed by atoms with Crippen LogP contribution in [-0.4, -0.2) is 56.3 Å². The van der Waals surface area contributed by atoms with Crippen LogP contribution in [0.3, 0.4) is 0 Å². The number of imidazole rings is 1. The van der Waals surface area contributed by atoms with Crippen molar-refractivity contribution in [3.8, 4) is 5.69 Å². The van der Waals surface area contributed by atoms with Gasteiger partial charge in [-0.3, -0.25) is 9.69 Å². The first-order chi connectivity index (χ1) is 17.5. The van der Waals surface area contributed by atoms with Crippen LogP contribution in [-0.2, 0) is 6.54 Å². The van der Waals surface area contributed by atoms with Crippen molar-refractivity contribution in [2.45, 2.75) is 25.4 Å². The Kier molecular flexibility index (Phi) is 5.56. The molecule has 3 heterocycles. The molecule has 0 unspecified atom stereocenters. The minimum absolute atomic E-state index is 0.126. The van der Waals surface area contributed by atoms with E-state index >= 15 is 4.39 Å². The highest BCUT2D eigenvalue weighted by Gasteiger charge is 2.28. The van der Waals surface area contributed by atoms with Gasteiger partial charge in [0.25, 0.3) is 0 Å². The molecule has 6 rings (SSSR count). The third kappa shape index (κ3) is 4.15. The summed E-state index contributed by atoms with van der Waals surface area (Å²) in [7, 11) is 0. The van der Waals surface area contributed by atoms with Crippen molar-refractivity contribution in [2.75, 3.05) is 31.1 Å². The van der Waals surface area contributed by atoms with E-state index in [0.29, 0.717) is 24.3 Å². The third-order valence-corrected chi connectivity index (χ3v) is 7.13. The fourth-order valence-corrected chi connectivity index (χ4v) is 5.00. The zero-order valence-electron chi connectivity index (χ0n) is 19.7. The number of anilines is 1. The molecule has 2 aliphatic rings. The van der Waals surface area contributed by atoms with E-state index in [1.54, 1.807) is 18.6 Å². The lowest BCUT2D eigenvalue weighted by atomic mass is 10.1. The van der Waals surface area contributed by atoms with Crippen LogP contribution in [0.5, 0.6) is 0 Å². The van der Waals surface area contributed by atoms with E-state index in [2.05, 4.69) is 34.1 Å². The second kappa shape index (κ2) is 8.91. The summed E-state index contributed by atoms with van der Waals surface area (Å²) in [4.78, 5) is 32.7. The second-order valence-corrected chi connectivity index (χ2v) is 9.54. The van der Waals surface area contributed by atoms with E-state index < -0.39 is 17.2 Å². The van der Waals surface area contributed by atoms with Crippen LogP contribution in [0.4, 0.5) is 10.1 Å². The fraction of sp³-hybridized carbons (Fsp3) is 0.296. The van der Waals surface area contributed by atoms with Crippen LogP contribution in [0.1, 0.15) is 34.8 Å². The zero-order valence-corrected chi connectivity index (χ0v) is 19.7. The van der Waals surface area contributed by atoms with Crippen molar-refractivity contribution in [3.63, 3.8) is 0 Å². The maximum atomic E-state index is 15.2. The number of benzene rings is 2. The topological polar surface area (TPSA) is 83.6 Å². The van der Waals surface area contributed by atoms with Crippen molar-refractivity contribution in [2.24, 2.45) is 0 Å². The minimum atomic E-state index is -1.28. The van der Waals surface area contributed by atoms with Gasteiger partial charge < -0.3 is 19.1 Å². The Morgan fingerprint density at radius 3 is 2.47 bits per heavy atom. The van der Waals surface area contributed by atoms with Crippen molar-refractivity contribution < 1.29 is 14.3 Å². The molecule has 36 heavy (non-hydrogen) atoms. The Labute approximate surface area is 206 Å². The molecule has 1 saturated heterocycles. The molecule has 0 spiro atoms. The van der Waals surface area contributed by atoms with Gasteiger partial charge in [0.1, 0.15) is 11.4 Å². The number of aromatic carboxylic acids is 1. The minimum Gasteiger partial charge on any atom is -0.477 e. The molecule has 8 nitrogen and oxygen atoms in total. The normalized spacial score (nSPS) is 16.5. The van der Waals surface area contributed by atoms with Crippen LogP contribution in [0.25, 0.3) is 16.6 Å². The molecule has 0 bridgehead atoms. The summed E-state index contributed by atoms with van der Waals surface area (Å²) in [6, 6.07) is 11.5. The standard InChI is InChI=1S/C27H26FN5O3/c28-23-13-21-24(33(20-5-6-20)16-22(26(21)34)27(35)36)14-25(23)31-11-9-30(10-12-31)15-18-1-3-19(4-2-18)32-8-7-29-17-32/h1-4,7-8,13-14,16-17,20H,5-6,9-12,15H2,(H,35,36).